The van der Waals surface area contributed by atoms with Crippen molar-refractivity contribution in [3.8, 4) is 0 Å². The number of nitrogens with zero attached hydrogens (tertiary/aromatic N) is 2. The van der Waals surface area contributed by atoms with E-state index in [2.05, 4.69) is 4.90 Å². The minimum absolute atomic E-state index is 0.0764. The van der Waals surface area contributed by atoms with Gasteiger partial charge in [-0.05, 0) is 20.3 Å². The zero-order valence-electron chi connectivity index (χ0n) is 11.8. The highest BCUT2D eigenvalue weighted by Gasteiger charge is 2.25. The van der Waals surface area contributed by atoms with Crippen molar-refractivity contribution in [1.82, 2.24) is 9.80 Å². The largest absolute Gasteiger partial charge is 0.392 e. The minimum Gasteiger partial charge on any atom is -0.392 e. The molecule has 0 saturated carbocycles. The summed E-state index contributed by atoms with van der Waals surface area (Å²) in [5.41, 5.74) is 0. The highest BCUT2D eigenvalue weighted by molar-refractivity contribution is 5.80. The molecule has 0 spiro atoms. The Morgan fingerprint density at radius 1 is 1.28 bits per heavy atom. The third kappa shape index (κ3) is 4.55. The van der Waals surface area contributed by atoms with Crippen molar-refractivity contribution >= 4 is 5.91 Å². The number of hydrogen-bond acceptors (Lipinski definition) is 4. The highest BCUT2D eigenvalue weighted by atomic mass is 16.5. The van der Waals surface area contributed by atoms with Crippen molar-refractivity contribution in [2.75, 3.05) is 39.3 Å². The van der Waals surface area contributed by atoms with E-state index in [1.165, 1.54) is 0 Å². The molecule has 1 heterocycles. The number of aliphatic hydroxyl groups excluding tert-OH is 1. The van der Waals surface area contributed by atoms with Crippen LogP contribution >= 0.6 is 0 Å². The summed E-state index contributed by atoms with van der Waals surface area (Å²) in [6.07, 6.45) is 0.179. The quantitative estimate of drug-likeness (QED) is 0.746. The van der Waals surface area contributed by atoms with Gasteiger partial charge in [0.15, 0.2) is 0 Å². The predicted octanol–water partition coefficient (Wildman–Crippen LogP) is 0.327. The summed E-state index contributed by atoms with van der Waals surface area (Å²) in [6.45, 7) is 10.1. The number of β-amino-alcohol motifs (C(OH)–C–C–N with tert-alkyl or cyclic N) is 1. The first-order valence-corrected chi connectivity index (χ1v) is 6.89. The molecular weight excluding hydrogens is 232 g/mol. The van der Waals surface area contributed by atoms with Gasteiger partial charge in [0.2, 0.25) is 0 Å². The van der Waals surface area contributed by atoms with Crippen LogP contribution in [0.5, 0.6) is 0 Å². The molecule has 0 aromatic rings. The van der Waals surface area contributed by atoms with Gasteiger partial charge in [0, 0.05) is 39.3 Å². The van der Waals surface area contributed by atoms with Crippen LogP contribution < -0.4 is 0 Å². The first-order chi connectivity index (χ1) is 8.58. The molecule has 1 rings (SSSR count). The number of rotatable bonds is 6. The molecule has 0 aliphatic carbocycles. The third-order valence-corrected chi connectivity index (χ3v) is 3.39. The average Bonchev–Trinajstić information content (AvgIpc) is 2.39. The van der Waals surface area contributed by atoms with E-state index >= 15 is 0 Å². The Balaban J connectivity index is 2.32. The van der Waals surface area contributed by atoms with E-state index in [0.29, 0.717) is 13.2 Å². The third-order valence-electron chi connectivity index (χ3n) is 3.39. The zero-order valence-corrected chi connectivity index (χ0v) is 11.8. The molecular formula is C13H26N2O3. The Hall–Kier alpha value is -0.650. The molecule has 0 bridgehead atoms. The molecule has 1 aliphatic rings. The van der Waals surface area contributed by atoms with E-state index in [1.807, 2.05) is 18.7 Å². The Morgan fingerprint density at radius 2 is 1.89 bits per heavy atom. The number of ether oxygens (including phenoxy) is 1. The Morgan fingerprint density at radius 3 is 2.39 bits per heavy atom. The molecule has 1 N–H and O–H groups in total. The Labute approximate surface area is 110 Å². The fraction of sp³-hybridized carbons (Fsp3) is 0.923. The van der Waals surface area contributed by atoms with Crippen LogP contribution in [0.4, 0.5) is 0 Å². The molecule has 0 aromatic carbocycles. The topological polar surface area (TPSA) is 53.0 Å². The van der Waals surface area contributed by atoms with Crippen molar-refractivity contribution in [3.63, 3.8) is 0 Å². The van der Waals surface area contributed by atoms with E-state index in [9.17, 15) is 9.90 Å². The summed E-state index contributed by atoms with van der Waals surface area (Å²) in [7, 11) is 0. The second-order valence-electron chi connectivity index (χ2n) is 4.79. The molecule has 18 heavy (non-hydrogen) atoms. The predicted molar refractivity (Wildman–Crippen MR) is 70.4 cm³/mol. The zero-order chi connectivity index (χ0) is 13.5. The van der Waals surface area contributed by atoms with Crippen molar-refractivity contribution in [1.29, 1.82) is 0 Å². The normalized spacial score (nSPS) is 20.8. The molecule has 1 aliphatic heterocycles. The Bertz CT molecular complexity index is 253. The van der Waals surface area contributed by atoms with E-state index in [1.54, 1.807) is 6.92 Å². The number of aliphatic hydroxyl groups is 1. The molecule has 0 unspecified atom stereocenters. The molecule has 0 aromatic heterocycles. The molecule has 2 atom stereocenters. The average molecular weight is 258 g/mol. The lowest BCUT2D eigenvalue weighted by Gasteiger charge is -2.36. The fourth-order valence-corrected chi connectivity index (χ4v) is 2.16. The highest BCUT2D eigenvalue weighted by Crippen LogP contribution is 2.07. The van der Waals surface area contributed by atoms with Gasteiger partial charge in [-0.25, -0.2) is 0 Å². The minimum atomic E-state index is -0.345. The van der Waals surface area contributed by atoms with Crippen LogP contribution in [-0.4, -0.2) is 72.4 Å². The van der Waals surface area contributed by atoms with Crippen molar-refractivity contribution in [3.05, 3.63) is 0 Å². The second kappa shape index (κ2) is 7.71. The molecule has 1 fully saturated rings. The smallest absolute Gasteiger partial charge is 0.251 e. The van der Waals surface area contributed by atoms with Gasteiger partial charge in [0.1, 0.15) is 6.10 Å². The van der Waals surface area contributed by atoms with Crippen LogP contribution in [0.25, 0.3) is 0 Å². The summed E-state index contributed by atoms with van der Waals surface area (Å²) in [5, 5.41) is 9.60. The number of hydrogen-bond donors (Lipinski definition) is 1. The van der Waals surface area contributed by atoms with Crippen molar-refractivity contribution < 1.29 is 14.6 Å². The maximum Gasteiger partial charge on any atom is 0.251 e. The van der Waals surface area contributed by atoms with Gasteiger partial charge in [-0.2, -0.15) is 0 Å². The molecule has 1 amide bonds. The molecule has 0 radical (unpaired) electrons. The summed E-state index contributed by atoms with van der Waals surface area (Å²) in [4.78, 5) is 16.1. The van der Waals surface area contributed by atoms with Crippen LogP contribution in [0.1, 0.15) is 27.2 Å². The lowest BCUT2D eigenvalue weighted by Crippen LogP contribution is -2.52. The van der Waals surface area contributed by atoms with Crippen LogP contribution in [0, 0.1) is 0 Å². The molecule has 106 valence electrons. The standard InChI is InChI=1S/C13H26N2O3/c1-4-12(16)10-14-6-8-15(9-7-14)13(17)11(3)18-5-2/h11-12,16H,4-10H2,1-3H3/t11-,12-/m0/s1. The van der Waals surface area contributed by atoms with Crippen molar-refractivity contribution in [2.45, 2.75) is 39.4 Å². The molecule has 5 heteroatoms. The fourth-order valence-electron chi connectivity index (χ4n) is 2.16. The number of carbonyl (C=O) groups excluding carboxylic acids is 1. The van der Waals surface area contributed by atoms with Gasteiger partial charge < -0.3 is 14.7 Å². The summed E-state index contributed by atoms with van der Waals surface area (Å²) >= 11 is 0. The first-order valence-electron chi connectivity index (χ1n) is 6.89. The van der Waals surface area contributed by atoms with Crippen LogP contribution in [0.15, 0.2) is 0 Å². The van der Waals surface area contributed by atoms with Crippen molar-refractivity contribution in [2.24, 2.45) is 0 Å². The monoisotopic (exact) mass is 258 g/mol. The lowest BCUT2D eigenvalue weighted by atomic mass is 10.2. The first kappa shape index (κ1) is 15.4. The summed E-state index contributed by atoms with van der Waals surface area (Å²) in [6, 6.07) is 0. The summed E-state index contributed by atoms with van der Waals surface area (Å²) in [5.74, 6) is 0.0764. The van der Waals surface area contributed by atoms with Crippen LogP contribution in [0.2, 0.25) is 0 Å². The number of amides is 1. The molecule has 1 saturated heterocycles. The maximum atomic E-state index is 12.0. The van der Waals surface area contributed by atoms with Gasteiger partial charge in [-0.1, -0.05) is 6.92 Å². The SMILES string of the molecule is CCO[C@@H](C)C(=O)N1CCN(C[C@@H](O)CC)CC1. The van der Waals surface area contributed by atoms with E-state index in [4.69, 9.17) is 4.74 Å². The van der Waals surface area contributed by atoms with Gasteiger partial charge >= 0.3 is 0 Å². The van der Waals surface area contributed by atoms with Gasteiger partial charge in [-0.15, -0.1) is 0 Å². The van der Waals surface area contributed by atoms with Gasteiger partial charge in [0.05, 0.1) is 6.10 Å². The maximum absolute atomic E-state index is 12.0. The van der Waals surface area contributed by atoms with Crippen LogP contribution in [-0.2, 0) is 9.53 Å². The van der Waals surface area contributed by atoms with E-state index in [-0.39, 0.29) is 18.1 Å². The second-order valence-corrected chi connectivity index (χ2v) is 4.79. The summed E-state index contributed by atoms with van der Waals surface area (Å²) < 4.78 is 5.32. The van der Waals surface area contributed by atoms with E-state index in [0.717, 1.165) is 32.6 Å². The number of carbonyl (C=O) groups is 1. The van der Waals surface area contributed by atoms with Crippen LogP contribution in [0.3, 0.4) is 0 Å². The number of piperazine rings is 1. The molecule has 5 nitrogen and oxygen atoms in total. The lowest BCUT2D eigenvalue weighted by molar-refractivity contribution is -0.144. The van der Waals surface area contributed by atoms with Gasteiger partial charge in [0.25, 0.3) is 5.91 Å². The van der Waals surface area contributed by atoms with E-state index < -0.39 is 0 Å². The van der Waals surface area contributed by atoms with Gasteiger partial charge in [-0.3, -0.25) is 9.69 Å². The Kier molecular flexibility index (Phi) is 6.60.